The van der Waals surface area contributed by atoms with Gasteiger partial charge >= 0.3 is 0 Å². The van der Waals surface area contributed by atoms with E-state index in [1.165, 1.54) is 0 Å². The third kappa shape index (κ3) is 3.33. The topological polar surface area (TPSA) is 61.5 Å². The summed E-state index contributed by atoms with van der Waals surface area (Å²) in [6.07, 6.45) is 4.04. The molecule has 1 saturated heterocycles. The molecule has 1 atom stereocenters. The SMILES string of the molecule is CCN1CCN(C(=O)CCOC)C[C@@H]1c1ncc[nH]1. The van der Waals surface area contributed by atoms with Gasteiger partial charge in [-0.2, -0.15) is 0 Å². The first-order valence-electron chi connectivity index (χ1n) is 6.76. The molecule has 2 rings (SSSR count). The number of hydrogen-bond acceptors (Lipinski definition) is 4. The molecule has 0 unspecified atom stereocenters. The number of piperazine rings is 1. The van der Waals surface area contributed by atoms with Gasteiger partial charge in [0.15, 0.2) is 0 Å². The molecule has 106 valence electrons. The average molecular weight is 266 g/mol. The summed E-state index contributed by atoms with van der Waals surface area (Å²) in [5.74, 6) is 1.10. The number of rotatable bonds is 5. The molecule has 0 bridgehead atoms. The van der Waals surface area contributed by atoms with Crippen LogP contribution in [0.2, 0.25) is 0 Å². The Morgan fingerprint density at radius 3 is 3.05 bits per heavy atom. The van der Waals surface area contributed by atoms with Gasteiger partial charge in [-0.25, -0.2) is 4.98 Å². The zero-order valence-corrected chi connectivity index (χ0v) is 11.6. The number of imidazole rings is 1. The van der Waals surface area contributed by atoms with Crippen molar-refractivity contribution in [2.24, 2.45) is 0 Å². The Kier molecular flexibility index (Phi) is 4.93. The number of nitrogens with one attached hydrogen (secondary N) is 1. The summed E-state index contributed by atoms with van der Waals surface area (Å²) in [6, 6.07) is 0.167. The first-order valence-corrected chi connectivity index (χ1v) is 6.76. The Morgan fingerprint density at radius 2 is 2.42 bits per heavy atom. The molecule has 1 N–H and O–H groups in total. The number of carbonyl (C=O) groups excluding carboxylic acids is 1. The number of ether oxygens (including phenoxy) is 1. The minimum atomic E-state index is 0.161. The third-order valence-electron chi connectivity index (χ3n) is 3.61. The Labute approximate surface area is 113 Å². The molecule has 1 aromatic rings. The van der Waals surface area contributed by atoms with Crippen molar-refractivity contribution in [2.45, 2.75) is 19.4 Å². The number of hydrogen-bond donors (Lipinski definition) is 1. The van der Waals surface area contributed by atoms with Crippen molar-refractivity contribution in [3.05, 3.63) is 18.2 Å². The highest BCUT2D eigenvalue weighted by molar-refractivity contribution is 5.76. The quantitative estimate of drug-likeness (QED) is 0.850. The van der Waals surface area contributed by atoms with Crippen LogP contribution in [0.15, 0.2) is 12.4 Å². The van der Waals surface area contributed by atoms with E-state index < -0.39 is 0 Å². The molecule has 1 fully saturated rings. The van der Waals surface area contributed by atoms with Crippen LogP contribution in [0, 0.1) is 0 Å². The summed E-state index contributed by atoms with van der Waals surface area (Å²) < 4.78 is 4.97. The summed E-state index contributed by atoms with van der Waals surface area (Å²) in [6.45, 7) is 5.96. The fraction of sp³-hybridized carbons (Fsp3) is 0.692. The molecule has 0 aliphatic carbocycles. The molecule has 6 nitrogen and oxygen atoms in total. The third-order valence-corrected chi connectivity index (χ3v) is 3.61. The Bertz CT molecular complexity index is 393. The van der Waals surface area contributed by atoms with E-state index >= 15 is 0 Å². The molecule has 0 saturated carbocycles. The molecular formula is C13H22N4O2. The predicted octanol–water partition coefficient (Wildman–Crippen LogP) is 0.651. The molecule has 0 aromatic carbocycles. The van der Waals surface area contributed by atoms with E-state index in [0.29, 0.717) is 19.6 Å². The molecule has 6 heteroatoms. The molecular weight excluding hydrogens is 244 g/mol. The summed E-state index contributed by atoms with van der Waals surface area (Å²) in [5.41, 5.74) is 0. The number of carbonyl (C=O) groups is 1. The van der Waals surface area contributed by atoms with Gasteiger partial charge in [0, 0.05) is 39.1 Å². The zero-order valence-electron chi connectivity index (χ0n) is 11.6. The second-order valence-corrected chi connectivity index (χ2v) is 4.70. The van der Waals surface area contributed by atoms with Crippen molar-refractivity contribution in [3.63, 3.8) is 0 Å². The molecule has 0 spiro atoms. The van der Waals surface area contributed by atoms with Gasteiger partial charge in [0.05, 0.1) is 19.1 Å². The number of aromatic nitrogens is 2. The minimum Gasteiger partial charge on any atom is -0.384 e. The smallest absolute Gasteiger partial charge is 0.224 e. The average Bonchev–Trinajstić information content (AvgIpc) is 2.98. The van der Waals surface area contributed by atoms with Gasteiger partial charge in [0.2, 0.25) is 5.91 Å². The maximum absolute atomic E-state index is 12.1. The molecule has 2 heterocycles. The highest BCUT2D eigenvalue weighted by Crippen LogP contribution is 2.22. The standard InChI is InChI=1S/C13H22N4O2/c1-3-16-7-8-17(12(18)4-9-19-2)10-11(16)13-14-5-6-15-13/h5-6,11H,3-4,7-10H2,1-2H3,(H,14,15)/t11-/m1/s1. The fourth-order valence-corrected chi connectivity index (χ4v) is 2.49. The molecule has 1 aliphatic heterocycles. The van der Waals surface area contributed by atoms with Gasteiger partial charge in [-0.15, -0.1) is 0 Å². The second-order valence-electron chi connectivity index (χ2n) is 4.70. The molecule has 0 radical (unpaired) electrons. The molecule has 19 heavy (non-hydrogen) atoms. The number of aromatic amines is 1. The van der Waals surface area contributed by atoms with Crippen LogP contribution in [-0.4, -0.2) is 65.6 Å². The predicted molar refractivity (Wildman–Crippen MR) is 71.6 cm³/mol. The maximum atomic E-state index is 12.1. The van der Waals surface area contributed by atoms with E-state index in [1.807, 2.05) is 11.1 Å². The monoisotopic (exact) mass is 266 g/mol. The lowest BCUT2D eigenvalue weighted by Crippen LogP contribution is -2.50. The highest BCUT2D eigenvalue weighted by Gasteiger charge is 2.30. The fourth-order valence-electron chi connectivity index (χ4n) is 2.49. The van der Waals surface area contributed by atoms with E-state index in [4.69, 9.17) is 4.74 Å². The van der Waals surface area contributed by atoms with Crippen molar-refractivity contribution >= 4 is 5.91 Å². The number of methoxy groups -OCH3 is 1. The van der Waals surface area contributed by atoms with E-state index in [9.17, 15) is 4.79 Å². The van der Waals surface area contributed by atoms with Gasteiger partial charge < -0.3 is 14.6 Å². The van der Waals surface area contributed by atoms with Crippen LogP contribution in [0.4, 0.5) is 0 Å². The highest BCUT2D eigenvalue weighted by atomic mass is 16.5. The Hall–Kier alpha value is -1.40. The molecule has 1 aromatic heterocycles. The van der Waals surface area contributed by atoms with Crippen LogP contribution in [0.25, 0.3) is 0 Å². The van der Waals surface area contributed by atoms with E-state index in [2.05, 4.69) is 21.8 Å². The molecule has 1 aliphatic rings. The van der Waals surface area contributed by atoms with Crippen LogP contribution >= 0.6 is 0 Å². The summed E-state index contributed by atoms with van der Waals surface area (Å²) in [7, 11) is 1.62. The number of likely N-dealkylation sites (N-methyl/N-ethyl adjacent to an activating group) is 1. The summed E-state index contributed by atoms with van der Waals surface area (Å²) >= 11 is 0. The van der Waals surface area contributed by atoms with Crippen LogP contribution in [0.5, 0.6) is 0 Å². The van der Waals surface area contributed by atoms with E-state index in [0.717, 1.165) is 25.5 Å². The molecule has 1 amide bonds. The Balaban J connectivity index is 2.01. The number of amides is 1. The van der Waals surface area contributed by atoms with E-state index in [-0.39, 0.29) is 11.9 Å². The second kappa shape index (κ2) is 6.68. The largest absolute Gasteiger partial charge is 0.384 e. The summed E-state index contributed by atoms with van der Waals surface area (Å²) in [5, 5.41) is 0. The van der Waals surface area contributed by atoms with Gasteiger partial charge in [0.25, 0.3) is 0 Å². The van der Waals surface area contributed by atoms with Crippen molar-refractivity contribution in [3.8, 4) is 0 Å². The first-order chi connectivity index (χ1) is 9.26. The van der Waals surface area contributed by atoms with Gasteiger partial charge in [-0.05, 0) is 6.54 Å². The van der Waals surface area contributed by atoms with Crippen LogP contribution in [-0.2, 0) is 9.53 Å². The van der Waals surface area contributed by atoms with Crippen LogP contribution in [0.3, 0.4) is 0 Å². The lowest BCUT2D eigenvalue weighted by Gasteiger charge is -2.40. The lowest BCUT2D eigenvalue weighted by molar-refractivity contribution is -0.135. The van der Waals surface area contributed by atoms with Gasteiger partial charge in [-0.1, -0.05) is 6.92 Å². The maximum Gasteiger partial charge on any atom is 0.224 e. The van der Waals surface area contributed by atoms with Crippen molar-refractivity contribution in [1.29, 1.82) is 0 Å². The van der Waals surface area contributed by atoms with Crippen LogP contribution in [0.1, 0.15) is 25.2 Å². The normalized spacial score (nSPS) is 20.7. The van der Waals surface area contributed by atoms with Crippen molar-refractivity contribution in [1.82, 2.24) is 19.8 Å². The van der Waals surface area contributed by atoms with Crippen molar-refractivity contribution in [2.75, 3.05) is 39.9 Å². The first kappa shape index (κ1) is 14.0. The minimum absolute atomic E-state index is 0.161. The Morgan fingerprint density at radius 1 is 1.58 bits per heavy atom. The van der Waals surface area contributed by atoms with Crippen molar-refractivity contribution < 1.29 is 9.53 Å². The zero-order chi connectivity index (χ0) is 13.7. The van der Waals surface area contributed by atoms with Gasteiger partial charge in [-0.3, -0.25) is 9.69 Å². The van der Waals surface area contributed by atoms with Gasteiger partial charge in [0.1, 0.15) is 5.82 Å². The number of H-pyrrole nitrogens is 1. The lowest BCUT2D eigenvalue weighted by atomic mass is 10.1. The summed E-state index contributed by atoms with van der Waals surface area (Å²) in [4.78, 5) is 23.8. The number of nitrogens with zero attached hydrogens (tertiary/aromatic N) is 3. The van der Waals surface area contributed by atoms with Crippen LogP contribution < -0.4 is 0 Å². The van der Waals surface area contributed by atoms with E-state index in [1.54, 1.807) is 13.3 Å².